The number of rotatable bonds is 4. The molecule has 0 heterocycles. The van der Waals surface area contributed by atoms with Crippen molar-refractivity contribution in [3.8, 4) is 5.75 Å². The molecule has 1 aromatic carbocycles. The molecule has 0 fully saturated rings. The molecule has 0 aliphatic heterocycles. The average Bonchev–Trinajstić information content (AvgIpc) is 2.15. The van der Waals surface area contributed by atoms with Crippen molar-refractivity contribution in [2.24, 2.45) is 0 Å². The van der Waals surface area contributed by atoms with Crippen LogP contribution in [0.1, 0.15) is 6.92 Å². The first-order chi connectivity index (χ1) is 7.34. The summed E-state index contributed by atoms with van der Waals surface area (Å²) in [4.78, 5) is 0. The standard InChI is InChI=1S/C10H10BF4O.K/c1-3-7(2)16-10-6-8(12)4-5-9(10)11(13,14)15;/h3-7H,1H2,2H3;/q-1;+1. The third-order valence-corrected chi connectivity index (χ3v) is 1.97. The van der Waals surface area contributed by atoms with E-state index in [2.05, 4.69) is 6.58 Å². The van der Waals surface area contributed by atoms with E-state index in [0.29, 0.717) is 6.07 Å². The Morgan fingerprint density at radius 3 is 2.41 bits per heavy atom. The van der Waals surface area contributed by atoms with E-state index in [9.17, 15) is 17.3 Å². The van der Waals surface area contributed by atoms with Gasteiger partial charge >= 0.3 is 58.4 Å². The summed E-state index contributed by atoms with van der Waals surface area (Å²) in [6.07, 6.45) is 0.719. The third-order valence-electron chi connectivity index (χ3n) is 1.97. The zero-order chi connectivity index (χ0) is 12.3. The minimum Gasteiger partial charge on any atom is -0.490 e. The molecular weight excluding hydrogens is 262 g/mol. The van der Waals surface area contributed by atoms with Crippen LogP contribution in [-0.2, 0) is 0 Å². The van der Waals surface area contributed by atoms with Crippen molar-refractivity contribution in [2.75, 3.05) is 0 Å². The van der Waals surface area contributed by atoms with Crippen LogP contribution in [0.4, 0.5) is 17.3 Å². The second kappa shape index (κ2) is 6.94. The molecule has 1 atom stereocenters. The molecule has 1 aromatic rings. The second-order valence-corrected chi connectivity index (χ2v) is 3.32. The van der Waals surface area contributed by atoms with E-state index in [4.69, 9.17) is 4.74 Å². The molecule has 1 nitrogen and oxygen atoms in total. The van der Waals surface area contributed by atoms with Crippen molar-refractivity contribution in [3.63, 3.8) is 0 Å². The van der Waals surface area contributed by atoms with E-state index < -0.39 is 30.1 Å². The van der Waals surface area contributed by atoms with Crippen molar-refractivity contribution in [1.82, 2.24) is 0 Å². The van der Waals surface area contributed by atoms with Crippen LogP contribution in [0.2, 0.25) is 0 Å². The summed E-state index contributed by atoms with van der Waals surface area (Å²) in [5.74, 6) is -1.27. The molecule has 1 rings (SSSR count). The van der Waals surface area contributed by atoms with Gasteiger partial charge in [0.1, 0.15) is 11.9 Å². The molecule has 0 amide bonds. The van der Waals surface area contributed by atoms with E-state index in [1.54, 1.807) is 0 Å². The van der Waals surface area contributed by atoms with Crippen molar-refractivity contribution < 1.29 is 73.5 Å². The Balaban J connectivity index is 0.00000256. The zero-order valence-electron chi connectivity index (χ0n) is 9.59. The molecule has 88 valence electrons. The first kappa shape index (κ1) is 17.2. The van der Waals surface area contributed by atoms with Gasteiger partial charge in [0.15, 0.2) is 0 Å². The van der Waals surface area contributed by atoms with E-state index in [0.717, 1.165) is 12.1 Å². The summed E-state index contributed by atoms with van der Waals surface area (Å²) in [7, 11) is 0. The van der Waals surface area contributed by atoms with Gasteiger partial charge in [-0.05, 0) is 13.0 Å². The molecule has 0 saturated heterocycles. The smallest absolute Gasteiger partial charge is 0.490 e. The quantitative estimate of drug-likeness (QED) is 0.420. The van der Waals surface area contributed by atoms with Crippen LogP contribution in [-0.4, -0.2) is 13.1 Å². The summed E-state index contributed by atoms with van der Waals surface area (Å²) < 4.78 is 55.5. The van der Waals surface area contributed by atoms with Gasteiger partial charge in [-0.15, -0.1) is 0 Å². The number of hydrogen-bond donors (Lipinski definition) is 0. The van der Waals surface area contributed by atoms with Crippen molar-refractivity contribution in [3.05, 3.63) is 36.7 Å². The SMILES string of the molecule is C=CC(C)Oc1cc(F)ccc1[B-](F)(F)F.[K+]. The number of benzene rings is 1. The maximum absolute atomic E-state index is 12.8. The summed E-state index contributed by atoms with van der Waals surface area (Å²) in [6, 6.07) is 2.17. The first-order valence-corrected chi connectivity index (χ1v) is 4.63. The first-order valence-electron chi connectivity index (χ1n) is 4.63. The van der Waals surface area contributed by atoms with Crippen LogP contribution in [0.3, 0.4) is 0 Å². The number of hydrogen-bond acceptors (Lipinski definition) is 1. The molecule has 0 radical (unpaired) electrons. The van der Waals surface area contributed by atoms with Crippen LogP contribution in [0.5, 0.6) is 5.75 Å². The van der Waals surface area contributed by atoms with Crippen LogP contribution in [0, 0.1) is 5.82 Å². The average molecular weight is 272 g/mol. The molecular formula is C10H10BF4KO. The monoisotopic (exact) mass is 272 g/mol. The molecule has 0 aliphatic rings. The molecule has 0 saturated carbocycles. The topological polar surface area (TPSA) is 9.23 Å². The minimum atomic E-state index is -5.21. The van der Waals surface area contributed by atoms with E-state index >= 15 is 0 Å². The van der Waals surface area contributed by atoms with Gasteiger partial charge in [-0.2, -0.15) is 0 Å². The predicted molar refractivity (Wildman–Crippen MR) is 55.4 cm³/mol. The molecule has 1 unspecified atom stereocenters. The Morgan fingerprint density at radius 1 is 1.35 bits per heavy atom. The van der Waals surface area contributed by atoms with E-state index in [-0.39, 0.29) is 51.4 Å². The number of halogens is 4. The summed E-state index contributed by atoms with van der Waals surface area (Å²) in [5.41, 5.74) is -0.935. The van der Waals surface area contributed by atoms with Gasteiger partial charge < -0.3 is 17.7 Å². The largest absolute Gasteiger partial charge is 1.00 e. The van der Waals surface area contributed by atoms with E-state index in [1.807, 2.05) is 0 Å². The zero-order valence-corrected chi connectivity index (χ0v) is 12.7. The summed E-state index contributed by atoms with van der Waals surface area (Å²) >= 11 is 0. The second-order valence-electron chi connectivity index (χ2n) is 3.32. The normalized spacial score (nSPS) is 12.5. The van der Waals surface area contributed by atoms with Crippen molar-refractivity contribution in [1.29, 1.82) is 0 Å². The molecule has 0 spiro atoms. The Labute approximate surface area is 140 Å². The van der Waals surface area contributed by atoms with Crippen molar-refractivity contribution >= 4 is 12.4 Å². The van der Waals surface area contributed by atoms with Gasteiger partial charge in [0.05, 0.1) is 5.75 Å². The molecule has 0 aromatic heterocycles. The summed E-state index contributed by atoms with van der Waals surface area (Å²) in [6.45, 7) is -0.319. The Hall–Kier alpha value is 0.181. The molecule has 0 bridgehead atoms. The van der Waals surface area contributed by atoms with Crippen LogP contribution < -0.4 is 61.6 Å². The van der Waals surface area contributed by atoms with Gasteiger partial charge in [-0.25, -0.2) is 4.39 Å². The van der Waals surface area contributed by atoms with Crippen LogP contribution in [0.15, 0.2) is 30.9 Å². The summed E-state index contributed by atoms with van der Waals surface area (Å²) in [5, 5.41) is 0. The third kappa shape index (κ3) is 5.13. The molecule has 17 heavy (non-hydrogen) atoms. The van der Waals surface area contributed by atoms with Gasteiger partial charge in [0, 0.05) is 6.07 Å². The van der Waals surface area contributed by atoms with Gasteiger partial charge in [0.2, 0.25) is 0 Å². The minimum absolute atomic E-state index is 0. The van der Waals surface area contributed by atoms with Crippen molar-refractivity contribution in [2.45, 2.75) is 13.0 Å². The predicted octanol–water partition coefficient (Wildman–Crippen LogP) is -0.163. The van der Waals surface area contributed by atoms with E-state index in [1.165, 1.54) is 13.0 Å². The number of ether oxygens (including phenoxy) is 1. The Kier molecular flexibility index (Phi) is 7.01. The maximum atomic E-state index is 12.8. The van der Waals surface area contributed by atoms with Gasteiger partial charge in [-0.1, -0.05) is 24.2 Å². The van der Waals surface area contributed by atoms with Crippen LogP contribution in [0.25, 0.3) is 0 Å². The fourth-order valence-electron chi connectivity index (χ4n) is 1.13. The van der Waals surface area contributed by atoms with Gasteiger partial charge in [-0.3, -0.25) is 0 Å². The van der Waals surface area contributed by atoms with Gasteiger partial charge in [0.25, 0.3) is 0 Å². The maximum Gasteiger partial charge on any atom is 1.00 e. The fourth-order valence-corrected chi connectivity index (χ4v) is 1.13. The molecule has 7 heteroatoms. The van der Waals surface area contributed by atoms with Crippen LogP contribution >= 0.6 is 0 Å². The fraction of sp³-hybridized carbons (Fsp3) is 0.200. The molecule has 0 aliphatic carbocycles. The Bertz CT molecular complexity index is 394. The molecule has 0 N–H and O–H groups in total. The Morgan fingerprint density at radius 2 is 1.94 bits per heavy atom.